The summed E-state index contributed by atoms with van der Waals surface area (Å²) in [5.74, 6) is 2.35. The molecule has 3 heterocycles. The van der Waals surface area contributed by atoms with Gasteiger partial charge in [0.05, 0.1) is 11.1 Å². The van der Waals surface area contributed by atoms with Crippen LogP contribution in [0.1, 0.15) is 24.4 Å². The van der Waals surface area contributed by atoms with E-state index in [4.69, 9.17) is 4.74 Å². The van der Waals surface area contributed by atoms with Gasteiger partial charge in [0.2, 0.25) is 0 Å². The Labute approximate surface area is 118 Å². The molecule has 1 aliphatic heterocycles. The minimum atomic E-state index is 0.677. The van der Waals surface area contributed by atoms with E-state index < -0.39 is 0 Å². The van der Waals surface area contributed by atoms with Crippen LogP contribution in [0.15, 0.2) is 0 Å². The van der Waals surface area contributed by atoms with E-state index in [2.05, 4.69) is 20.4 Å². The molecule has 0 saturated carbocycles. The minimum Gasteiger partial charge on any atom is -0.381 e. The largest absolute Gasteiger partial charge is 0.381 e. The Morgan fingerprint density at radius 2 is 2.20 bits per heavy atom. The molecule has 0 radical (unpaired) electrons. The van der Waals surface area contributed by atoms with Crippen molar-refractivity contribution in [2.24, 2.45) is 13.0 Å². The van der Waals surface area contributed by atoms with Crippen molar-refractivity contribution in [3.63, 3.8) is 0 Å². The lowest BCUT2D eigenvalue weighted by Crippen LogP contribution is -2.11. The zero-order valence-corrected chi connectivity index (χ0v) is 12.3. The van der Waals surface area contributed by atoms with Crippen LogP contribution in [0.5, 0.6) is 0 Å². The first-order valence-corrected chi connectivity index (χ1v) is 7.14. The van der Waals surface area contributed by atoms with E-state index in [0.717, 1.165) is 54.5 Å². The molecule has 6 nitrogen and oxygen atoms in total. The van der Waals surface area contributed by atoms with Crippen molar-refractivity contribution in [1.29, 1.82) is 0 Å². The fraction of sp³-hybridized carbons (Fsp3) is 0.643. The second kappa shape index (κ2) is 5.36. The van der Waals surface area contributed by atoms with Gasteiger partial charge in [0.15, 0.2) is 5.65 Å². The van der Waals surface area contributed by atoms with Gasteiger partial charge in [-0.25, -0.2) is 9.97 Å². The molecule has 6 heteroatoms. The summed E-state index contributed by atoms with van der Waals surface area (Å²) in [6, 6.07) is 0. The highest BCUT2D eigenvalue weighted by Crippen LogP contribution is 2.24. The number of hydrogen-bond donors (Lipinski definition) is 1. The topological polar surface area (TPSA) is 64.9 Å². The second-order valence-corrected chi connectivity index (χ2v) is 5.47. The number of nitrogens with zero attached hydrogens (tertiary/aromatic N) is 4. The molecule has 1 atom stereocenters. The average Bonchev–Trinajstić information content (AvgIpc) is 2.99. The van der Waals surface area contributed by atoms with Crippen LogP contribution in [-0.4, -0.2) is 39.5 Å². The molecule has 2 aromatic heterocycles. The molecule has 108 valence electrons. The Hall–Kier alpha value is -1.69. The van der Waals surface area contributed by atoms with E-state index >= 15 is 0 Å². The van der Waals surface area contributed by atoms with Crippen molar-refractivity contribution < 1.29 is 4.74 Å². The van der Waals surface area contributed by atoms with Crippen LogP contribution in [0.25, 0.3) is 11.0 Å². The van der Waals surface area contributed by atoms with Gasteiger partial charge in [-0.05, 0) is 32.6 Å². The van der Waals surface area contributed by atoms with Crippen molar-refractivity contribution in [1.82, 2.24) is 19.7 Å². The van der Waals surface area contributed by atoms with Crippen LogP contribution in [0.2, 0.25) is 0 Å². The van der Waals surface area contributed by atoms with Gasteiger partial charge in [0.25, 0.3) is 0 Å². The molecule has 0 spiro atoms. The molecule has 1 saturated heterocycles. The van der Waals surface area contributed by atoms with Gasteiger partial charge >= 0.3 is 0 Å². The van der Waals surface area contributed by atoms with Gasteiger partial charge in [-0.2, -0.15) is 5.10 Å². The highest BCUT2D eigenvalue weighted by molar-refractivity contribution is 5.89. The number of nitrogens with one attached hydrogen (secondary N) is 1. The fourth-order valence-electron chi connectivity index (χ4n) is 2.78. The Morgan fingerprint density at radius 1 is 1.35 bits per heavy atom. The van der Waals surface area contributed by atoms with Crippen LogP contribution in [-0.2, 0) is 11.8 Å². The van der Waals surface area contributed by atoms with Crippen LogP contribution >= 0.6 is 0 Å². The number of aromatic nitrogens is 4. The van der Waals surface area contributed by atoms with E-state index in [9.17, 15) is 0 Å². The summed E-state index contributed by atoms with van der Waals surface area (Å²) in [6.45, 7) is 6.62. The molecular formula is C14H21N5O. The molecule has 0 amide bonds. The van der Waals surface area contributed by atoms with E-state index in [1.807, 2.05) is 25.6 Å². The van der Waals surface area contributed by atoms with Crippen LogP contribution in [0.3, 0.4) is 0 Å². The second-order valence-electron chi connectivity index (χ2n) is 5.47. The smallest absolute Gasteiger partial charge is 0.163 e. The lowest BCUT2D eigenvalue weighted by atomic mass is 10.1. The molecule has 1 fully saturated rings. The molecule has 3 rings (SSSR count). The summed E-state index contributed by atoms with van der Waals surface area (Å²) >= 11 is 0. The maximum absolute atomic E-state index is 5.40. The number of fused-ring (bicyclic) bond motifs is 1. The Bertz CT molecular complexity index is 616. The number of ether oxygens (including phenoxy) is 1. The highest BCUT2D eigenvalue weighted by atomic mass is 16.5. The Balaban J connectivity index is 1.79. The molecule has 1 aliphatic rings. The number of aryl methyl sites for hydroxylation is 3. The van der Waals surface area contributed by atoms with Gasteiger partial charge in [0, 0.05) is 26.8 Å². The monoisotopic (exact) mass is 275 g/mol. The number of hydrogen-bond acceptors (Lipinski definition) is 5. The zero-order chi connectivity index (χ0) is 14.1. The summed E-state index contributed by atoms with van der Waals surface area (Å²) in [6.07, 6.45) is 2.29. The highest BCUT2D eigenvalue weighted by Gasteiger charge is 2.16. The van der Waals surface area contributed by atoms with Gasteiger partial charge in [-0.1, -0.05) is 0 Å². The lowest BCUT2D eigenvalue weighted by molar-refractivity contribution is 0.185. The summed E-state index contributed by atoms with van der Waals surface area (Å²) in [7, 11) is 1.92. The van der Waals surface area contributed by atoms with E-state index in [-0.39, 0.29) is 0 Å². The third kappa shape index (κ3) is 2.47. The molecule has 20 heavy (non-hydrogen) atoms. The molecular weight excluding hydrogens is 254 g/mol. The summed E-state index contributed by atoms with van der Waals surface area (Å²) in [5.41, 5.74) is 1.86. The molecule has 0 aromatic carbocycles. The SMILES string of the molecule is Cc1nc(NCC[C@H]2CCOC2)c2c(C)nn(C)c2n1. The summed E-state index contributed by atoms with van der Waals surface area (Å²) in [5, 5.41) is 8.91. The number of anilines is 1. The Kier molecular flexibility index (Phi) is 3.56. The normalized spacial score (nSPS) is 18.9. The number of rotatable bonds is 4. The van der Waals surface area contributed by atoms with Gasteiger partial charge in [-0.15, -0.1) is 0 Å². The minimum absolute atomic E-state index is 0.677. The maximum Gasteiger partial charge on any atom is 0.163 e. The van der Waals surface area contributed by atoms with E-state index in [1.165, 1.54) is 6.42 Å². The molecule has 0 unspecified atom stereocenters. The lowest BCUT2D eigenvalue weighted by Gasteiger charge is -2.10. The third-order valence-electron chi connectivity index (χ3n) is 3.84. The Morgan fingerprint density at radius 3 is 2.95 bits per heavy atom. The van der Waals surface area contributed by atoms with Crippen molar-refractivity contribution in [2.45, 2.75) is 26.7 Å². The van der Waals surface area contributed by atoms with Crippen molar-refractivity contribution in [2.75, 3.05) is 25.1 Å². The van der Waals surface area contributed by atoms with Gasteiger partial charge < -0.3 is 10.1 Å². The maximum atomic E-state index is 5.40. The van der Waals surface area contributed by atoms with Crippen molar-refractivity contribution in [3.05, 3.63) is 11.5 Å². The van der Waals surface area contributed by atoms with E-state index in [1.54, 1.807) is 0 Å². The quantitative estimate of drug-likeness (QED) is 0.922. The fourth-order valence-corrected chi connectivity index (χ4v) is 2.78. The first-order valence-electron chi connectivity index (χ1n) is 7.14. The predicted octanol–water partition coefficient (Wildman–Crippen LogP) is 1.82. The first-order chi connectivity index (χ1) is 9.65. The predicted molar refractivity (Wildman–Crippen MR) is 77.8 cm³/mol. The third-order valence-corrected chi connectivity index (χ3v) is 3.84. The van der Waals surface area contributed by atoms with Crippen molar-refractivity contribution in [3.8, 4) is 0 Å². The average molecular weight is 275 g/mol. The molecule has 2 aromatic rings. The van der Waals surface area contributed by atoms with Gasteiger partial charge in [-0.3, -0.25) is 4.68 Å². The molecule has 0 aliphatic carbocycles. The van der Waals surface area contributed by atoms with Gasteiger partial charge in [0.1, 0.15) is 11.6 Å². The zero-order valence-electron chi connectivity index (χ0n) is 12.3. The summed E-state index contributed by atoms with van der Waals surface area (Å²) < 4.78 is 7.22. The summed E-state index contributed by atoms with van der Waals surface area (Å²) in [4.78, 5) is 9.00. The van der Waals surface area contributed by atoms with Crippen LogP contribution in [0, 0.1) is 19.8 Å². The van der Waals surface area contributed by atoms with E-state index in [0.29, 0.717) is 5.92 Å². The van der Waals surface area contributed by atoms with Crippen molar-refractivity contribution >= 4 is 16.9 Å². The first kappa shape index (κ1) is 13.3. The molecule has 1 N–H and O–H groups in total. The van der Waals surface area contributed by atoms with Crippen LogP contribution < -0.4 is 5.32 Å². The standard InChI is InChI=1S/C14H21N5O/c1-9-12-13(15-6-4-11-5-7-20-8-11)16-10(2)17-14(12)19(3)18-9/h11H,4-8H2,1-3H3,(H,15,16,17)/t11-/m0/s1. The molecule has 0 bridgehead atoms. The van der Waals surface area contributed by atoms with Crippen LogP contribution in [0.4, 0.5) is 5.82 Å².